The highest BCUT2D eigenvalue weighted by atomic mass is 31.2. The van der Waals surface area contributed by atoms with Crippen LogP contribution >= 0.6 is 7.82 Å². The van der Waals surface area contributed by atoms with Crippen molar-refractivity contribution in [3.63, 3.8) is 0 Å². The van der Waals surface area contributed by atoms with Crippen LogP contribution in [0.5, 0.6) is 0 Å². The summed E-state index contributed by atoms with van der Waals surface area (Å²) in [5.41, 5.74) is 0. The van der Waals surface area contributed by atoms with Gasteiger partial charge in [0.25, 0.3) is 7.82 Å². The molecule has 1 amide bonds. The lowest BCUT2D eigenvalue weighted by atomic mass is 10.0. The first-order chi connectivity index (χ1) is 31.5. The summed E-state index contributed by atoms with van der Waals surface area (Å²) in [5, 5.41) is 14.0. The minimum atomic E-state index is -4.57. The van der Waals surface area contributed by atoms with Crippen molar-refractivity contribution in [2.24, 2.45) is 0 Å². The lowest BCUT2D eigenvalue weighted by molar-refractivity contribution is -0.870. The van der Waals surface area contributed by atoms with Crippen molar-refractivity contribution in [2.75, 3.05) is 40.9 Å². The normalized spacial score (nSPS) is 13.9. The number of phosphoric ester groups is 1. The van der Waals surface area contributed by atoms with Gasteiger partial charge in [0, 0.05) is 6.42 Å². The predicted molar refractivity (Wildman–Crippen MR) is 279 cm³/mol. The molecule has 0 aliphatic heterocycles. The molecule has 0 rings (SSSR count). The first-order valence-electron chi connectivity index (χ1n) is 28.9. The minimum Gasteiger partial charge on any atom is -0.756 e. The van der Waals surface area contributed by atoms with Gasteiger partial charge in [0.1, 0.15) is 13.2 Å². The van der Waals surface area contributed by atoms with E-state index in [0.29, 0.717) is 23.9 Å². The van der Waals surface area contributed by atoms with Crippen LogP contribution in [0.25, 0.3) is 0 Å². The number of likely N-dealkylation sites (N-methyl/N-ethyl adjacent to an activating group) is 1. The maximum Gasteiger partial charge on any atom is 0.268 e. The molecule has 0 heterocycles. The molecule has 0 saturated carbocycles. The van der Waals surface area contributed by atoms with Gasteiger partial charge in [0.05, 0.1) is 39.9 Å². The summed E-state index contributed by atoms with van der Waals surface area (Å²) in [6.07, 6.45) is 57.1. The van der Waals surface area contributed by atoms with Crippen LogP contribution in [0, 0.1) is 0 Å². The van der Waals surface area contributed by atoms with Crippen molar-refractivity contribution in [1.82, 2.24) is 5.32 Å². The van der Waals surface area contributed by atoms with Gasteiger partial charge < -0.3 is 28.8 Å². The second kappa shape index (κ2) is 48.5. The predicted octanol–water partition coefficient (Wildman–Crippen LogP) is 16.6. The summed E-state index contributed by atoms with van der Waals surface area (Å²) >= 11 is 0. The molecule has 0 saturated heterocycles. The Morgan fingerprint density at radius 2 is 0.754 bits per heavy atom. The molecule has 0 aromatic carbocycles. The number of amides is 1. The van der Waals surface area contributed by atoms with E-state index in [1.807, 2.05) is 21.1 Å². The van der Waals surface area contributed by atoms with Crippen molar-refractivity contribution in [3.05, 3.63) is 0 Å². The lowest BCUT2D eigenvalue weighted by Gasteiger charge is -2.30. The topological polar surface area (TPSA) is 108 Å². The van der Waals surface area contributed by atoms with Crippen LogP contribution < -0.4 is 10.2 Å². The van der Waals surface area contributed by atoms with Crippen LogP contribution in [0.3, 0.4) is 0 Å². The zero-order valence-electron chi connectivity index (χ0n) is 44.5. The molecule has 9 heteroatoms. The van der Waals surface area contributed by atoms with Gasteiger partial charge in [-0.25, -0.2) is 0 Å². The fraction of sp³-hybridized carbons (Fsp3) is 0.982. The molecule has 0 bridgehead atoms. The van der Waals surface area contributed by atoms with Crippen LogP contribution in [0.15, 0.2) is 0 Å². The van der Waals surface area contributed by atoms with Gasteiger partial charge in [-0.2, -0.15) is 0 Å². The summed E-state index contributed by atoms with van der Waals surface area (Å²) in [6.45, 7) is 4.77. The number of quaternary nitrogens is 1. The number of aliphatic hydroxyl groups excluding tert-OH is 1. The van der Waals surface area contributed by atoms with Gasteiger partial charge in [-0.3, -0.25) is 9.36 Å². The number of rotatable bonds is 54. The average molecular weight is 944 g/mol. The second-order valence-electron chi connectivity index (χ2n) is 21.4. The largest absolute Gasteiger partial charge is 0.756 e. The second-order valence-corrected chi connectivity index (χ2v) is 22.8. The van der Waals surface area contributed by atoms with Crippen LogP contribution in [-0.4, -0.2) is 68.5 Å². The number of nitrogens with zero attached hydrogens (tertiary/aromatic N) is 1. The highest BCUT2D eigenvalue weighted by Crippen LogP contribution is 2.38. The standard InChI is InChI=1S/C56H115N2O6P/c1-6-8-10-12-14-16-18-20-22-24-25-26-27-28-29-30-31-32-33-34-36-38-40-42-44-46-48-50-56(60)57-54(53-64-65(61,62)63-52-51-58(3,4)5)55(59)49-47-45-43-41-39-37-35-23-21-19-17-15-13-11-9-7-2/h54-55,59H,6-53H2,1-5H3,(H-,57,60,61,62). The quantitative estimate of drug-likeness (QED) is 0.0357. The molecule has 65 heavy (non-hydrogen) atoms. The van der Waals surface area contributed by atoms with Crippen molar-refractivity contribution < 1.29 is 32.9 Å². The molecule has 390 valence electrons. The minimum absolute atomic E-state index is 0.0166. The van der Waals surface area contributed by atoms with Crippen LogP contribution in [0.1, 0.15) is 303 Å². The van der Waals surface area contributed by atoms with Crippen molar-refractivity contribution >= 4 is 13.7 Å². The van der Waals surface area contributed by atoms with Crippen molar-refractivity contribution in [1.29, 1.82) is 0 Å². The van der Waals surface area contributed by atoms with E-state index >= 15 is 0 Å². The van der Waals surface area contributed by atoms with Crippen LogP contribution in [0.2, 0.25) is 0 Å². The number of carbonyl (C=O) groups excluding carboxylic acids is 1. The Morgan fingerprint density at radius 3 is 1.05 bits per heavy atom. The van der Waals surface area contributed by atoms with Crippen molar-refractivity contribution in [2.45, 2.75) is 315 Å². The summed E-state index contributed by atoms with van der Waals surface area (Å²) in [4.78, 5) is 25.5. The van der Waals surface area contributed by atoms with E-state index in [2.05, 4.69) is 19.2 Å². The molecule has 0 fully saturated rings. The molecule has 0 aromatic heterocycles. The molecular formula is C56H115N2O6P. The molecule has 0 aromatic rings. The fourth-order valence-electron chi connectivity index (χ4n) is 9.04. The van der Waals surface area contributed by atoms with E-state index in [0.717, 1.165) is 38.5 Å². The van der Waals surface area contributed by atoms with Gasteiger partial charge in [0.15, 0.2) is 0 Å². The SMILES string of the molecule is CCCCCCCCCCCCCCCCCCCCCCCCCCCCCC(=O)NC(COP(=O)([O-])OCC[N+](C)(C)C)C(O)CCCCCCCCCCCCCCCCCC. The highest BCUT2D eigenvalue weighted by Gasteiger charge is 2.24. The van der Waals surface area contributed by atoms with Gasteiger partial charge in [-0.1, -0.05) is 284 Å². The third-order valence-corrected chi connectivity index (χ3v) is 14.6. The summed E-state index contributed by atoms with van der Waals surface area (Å²) in [6, 6.07) is -0.794. The zero-order chi connectivity index (χ0) is 47.8. The Labute approximate surface area is 406 Å². The maximum absolute atomic E-state index is 13.0. The number of carbonyl (C=O) groups is 1. The van der Waals surface area contributed by atoms with Gasteiger partial charge >= 0.3 is 0 Å². The zero-order valence-corrected chi connectivity index (χ0v) is 45.4. The monoisotopic (exact) mass is 943 g/mol. The number of hydrogen-bond donors (Lipinski definition) is 2. The lowest BCUT2D eigenvalue weighted by Crippen LogP contribution is -2.46. The Hall–Kier alpha value is -0.500. The molecule has 0 aliphatic carbocycles. The fourth-order valence-corrected chi connectivity index (χ4v) is 9.77. The first kappa shape index (κ1) is 64.5. The van der Waals surface area contributed by atoms with Gasteiger partial charge in [0.2, 0.25) is 5.91 Å². The Bertz CT molecular complexity index is 1030. The maximum atomic E-state index is 13.0. The first-order valence-corrected chi connectivity index (χ1v) is 30.3. The molecule has 3 unspecified atom stereocenters. The third-order valence-electron chi connectivity index (χ3n) is 13.6. The van der Waals surface area contributed by atoms with E-state index in [-0.39, 0.29) is 19.1 Å². The van der Waals surface area contributed by atoms with Crippen molar-refractivity contribution in [3.8, 4) is 0 Å². The molecule has 0 aliphatic rings. The number of unbranched alkanes of at least 4 members (excludes halogenated alkanes) is 41. The smallest absolute Gasteiger partial charge is 0.268 e. The van der Waals surface area contributed by atoms with Gasteiger partial charge in [-0.15, -0.1) is 0 Å². The van der Waals surface area contributed by atoms with E-state index in [1.54, 1.807) is 0 Å². The summed E-state index contributed by atoms with van der Waals surface area (Å²) in [7, 11) is 1.32. The Morgan fingerprint density at radius 1 is 0.477 bits per heavy atom. The summed E-state index contributed by atoms with van der Waals surface area (Å²) < 4.78 is 23.4. The van der Waals surface area contributed by atoms with E-state index in [9.17, 15) is 19.4 Å². The molecule has 8 nitrogen and oxygen atoms in total. The molecule has 2 N–H and O–H groups in total. The Kier molecular flexibility index (Phi) is 48.1. The average Bonchev–Trinajstić information content (AvgIpc) is 3.26. The van der Waals surface area contributed by atoms with E-state index in [4.69, 9.17) is 9.05 Å². The number of hydrogen-bond acceptors (Lipinski definition) is 6. The van der Waals surface area contributed by atoms with E-state index < -0.39 is 20.0 Å². The number of aliphatic hydroxyl groups is 1. The molecular weight excluding hydrogens is 828 g/mol. The number of nitrogens with one attached hydrogen (secondary N) is 1. The molecule has 3 atom stereocenters. The third kappa shape index (κ3) is 51.2. The number of phosphoric acid groups is 1. The highest BCUT2D eigenvalue weighted by molar-refractivity contribution is 7.45. The Balaban J connectivity index is 4.06. The van der Waals surface area contributed by atoms with Gasteiger partial charge in [-0.05, 0) is 12.8 Å². The van der Waals surface area contributed by atoms with Crippen LogP contribution in [-0.2, 0) is 18.4 Å². The molecule has 0 spiro atoms. The summed E-state index contributed by atoms with van der Waals surface area (Å²) in [5.74, 6) is -0.157. The molecule has 0 radical (unpaired) electrons. The van der Waals surface area contributed by atoms with Crippen LogP contribution in [0.4, 0.5) is 0 Å². The van der Waals surface area contributed by atoms with E-state index in [1.165, 1.54) is 238 Å².